The Balaban J connectivity index is 1.65. The van der Waals surface area contributed by atoms with E-state index in [0.717, 1.165) is 24.1 Å². The number of aromatic nitrogens is 2. The van der Waals surface area contributed by atoms with Gasteiger partial charge in [-0.25, -0.2) is 4.39 Å². The third-order valence-electron chi connectivity index (χ3n) is 4.22. The first-order valence-corrected chi connectivity index (χ1v) is 8.22. The molecule has 0 aliphatic carbocycles. The minimum atomic E-state index is -0.380. The summed E-state index contributed by atoms with van der Waals surface area (Å²) in [5.41, 5.74) is 2.04. The summed E-state index contributed by atoms with van der Waals surface area (Å²) in [7, 11) is 1.79. The van der Waals surface area contributed by atoms with Gasteiger partial charge >= 0.3 is 0 Å². The lowest BCUT2D eigenvalue weighted by Gasteiger charge is -2.17. The van der Waals surface area contributed by atoms with Crippen LogP contribution in [0.5, 0.6) is 11.5 Å². The maximum absolute atomic E-state index is 14.3. The molecule has 0 spiro atoms. The van der Waals surface area contributed by atoms with E-state index >= 15 is 0 Å². The number of hydrogen-bond donors (Lipinski definition) is 2. The largest absolute Gasteiger partial charge is 0.451 e. The van der Waals surface area contributed by atoms with E-state index in [2.05, 4.69) is 22.7 Å². The van der Waals surface area contributed by atoms with Gasteiger partial charge in [-0.3, -0.25) is 4.68 Å². The molecule has 2 heterocycles. The van der Waals surface area contributed by atoms with Gasteiger partial charge in [-0.15, -0.1) is 0 Å². The van der Waals surface area contributed by atoms with Crippen molar-refractivity contribution in [3.05, 3.63) is 53.9 Å². The van der Waals surface area contributed by atoms with E-state index in [0.29, 0.717) is 11.8 Å². The third-order valence-corrected chi connectivity index (χ3v) is 4.22. The number of rotatable bonds is 6. The second-order valence-electron chi connectivity index (χ2n) is 6.15. The molecule has 1 aliphatic rings. The Morgan fingerprint density at radius 2 is 2.33 bits per heavy atom. The Kier molecular flexibility index (Phi) is 4.74. The average Bonchev–Trinajstić information content (AvgIpc) is 3.18. The van der Waals surface area contributed by atoms with E-state index in [1.807, 2.05) is 19.2 Å². The van der Waals surface area contributed by atoms with Gasteiger partial charge in [0.15, 0.2) is 17.3 Å². The Morgan fingerprint density at radius 3 is 2.96 bits per heavy atom. The van der Waals surface area contributed by atoms with Crippen molar-refractivity contribution in [2.45, 2.75) is 38.8 Å². The summed E-state index contributed by atoms with van der Waals surface area (Å²) in [5.74, 6) is 0.338. The highest BCUT2D eigenvalue weighted by Gasteiger charge is 2.17. The van der Waals surface area contributed by atoms with Gasteiger partial charge in [0.05, 0.1) is 12.4 Å². The lowest BCUT2D eigenvalue weighted by Crippen LogP contribution is -2.20. The van der Waals surface area contributed by atoms with Crippen molar-refractivity contribution < 1.29 is 9.13 Å². The second-order valence-corrected chi connectivity index (χ2v) is 6.15. The van der Waals surface area contributed by atoms with Crippen LogP contribution >= 0.6 is 0 Å². The minimum Gasteiger partial charge on any atom is -0.451 e. The summed E-state index contributed by atoms with van der Waals surface area (Å²) in [6.07, 6.45) is 7.33. The minimum absolute atomic E-state index is 0.0237. The Morgan fingerprint density at radius 1 is 1.50 bits per heavy atom. The van der Waals surface area contributed by atoms with Crippen molar-refractivity contribution >= 4 is 0 Å². The molecule has 24 heavy (non-hydrogen) atoms. The van der Waals surface area contributed by atoms with Crippen LogP contribution in [0.3, 0.4) is 0 Å². The maximum Gasteiger partial charge on any atom is 0.166 e. The van der Waals surface area contributed by atoms with Crippen LogP contribution in [-0.2, 0) is 7.05 Å². The third kappa shape index (κ3) is 3.69. The molecule has 128 valence electrons. The van der Waals surface area contributed by atoms with Gasteiger partial charge < -0.3 is 15.4 Å². The average molecular weight is 330 g/mol. The fraction of sp³-hybridized carbons (Fsp3) is 0.389. The van der Waals surface area contributed by atoms with E-state index in [4.69, 9.17) is 4.74 Å². The maximum atomic E-state index is 14.3. The Hall–Kier alpha value is -2.50. The van der Waals surface area contributed by atoms with E-state index < -0.39 is 0 Å². The van der Waals surface area contributed by atoms with Crippen LogP contribution in [0.25, 0.3) is 0 Å². The zero-order valence-electron chi connectivity index (χ0n) is 14.2. The molecule has 3 rings (SSSR count). The summed E-state index contributed by atoms with van der Waals surface area (Å²) in [6.45, 7) is 4.19. The predicted molar refractivity (Wildman–Crippen MR) is 91.1 cm³/mol. The Bertz CT molecular complexity index is 740. The van der Waals surface area contributed by atoms with Crippen LogP contribution in [0.15, 0.2) is 42.5 Å². The highest BCUT2D eigenvalue weighted by molar-refractivity contribution is 5.34. The molecular formula is C18H23FN4O. The monoisotopic (exact) mass is 330 g/mol. The fourth-order valence-electron chi connectivity index (χ4n) is 2.77. The number of aryl methyl sites for hydroxylation is 1. The van der Waals surface area contributed by atoms with E-state index in [9.17, 15) is 4.39 Å². The predicted octanol–water partition coefficient (Wildman–Crippen LogP) is 3.62. The van der Waals surface area contributed by atoms with Crippen LogP contribution in [0.4, 0.5) is 4.39 Å². The molecule has 1 unspecified atom stereocenters. The van der Waals surface area contributed by atoms with Gasteiger partial charge in [-0.05, 0) is 31.0 Å². The first kappa shape index (κ1) is 16.4. The summed E-state index contributed by atoms with van der Waals surface area (Å²) in [6, 6.07) is 5.57. The standard InChI is InChI=1S/C18H23FN4O/c1-4-14-8-15(9-20-14)22-12(2)13-5-6-18(17(19)7-13)24-16-10-21-23(3)11-16/h5-7,9-12,14,20,22H,4,8H2,1-3H3/t12?,14-/m0/s1. The molecule has 0 radical (unpaired) electrons. The second kappa shape index (κ2) is 6.95. The van der Waals surface area contributed by atoms with Crippen LogP contribution in [0.2, 0.25) is 0 Å². The molecular weight excluding hydrogens is 307 g/mol. The summed E-state index contributed by atoms with van der Waals surface area (Å²) in [4.78, 5) is 0. The van der Waals surface area contributed by atoms with Gasteiger partial charge in [0, 0.05) is 37.4 Å². The normalized spacial score (nSPS) is 18.0. The molecule has 1 aliphatic heterocycles. The van der Waals surface area contributed by atoms with Crippen molar-refractivity contribution in [2.75, 3.05) is 0 Å². The van der Waals surface area contributed by atoms with Crippen molar-refractivity contribution in [3.8, 4) is 11.5 Å². The van der Waals surface area contributed by atoms with E-state index in [-0.39, 0.29) is 17.6 Å². The van der Waals surface area contributed by atoms with Gasteiger partial charge in [-0.1, -0.05) is 13.0 Å². The summed E-state index contributed by atoms with van der Waals surface area (Å²) >= 11 is 0. The molecule has 2 N–H and O–H groups in total. The number of halogens is 1. The summed E-state index contributed by atoms with van der Waals surface area (Å²) in [5, 5.41) is 10.8. The number of benzene rings is 1. The van der Waals surface area contributed by atoms with Crippen LogP contribution < -0.4 is 15.4 Å². The molecule has 1 aromatic carbocycles. The molecule has 2 aromatic rings. The number of nitrogens with zero attached hydrogens (tertiary/aromatic N) is 2. The smallest absolute Gasteiger partial charge is 0.166 e. The van der Waals surface area contributed by atoms with Gasteiger partial charge in [0.25, 0.3) is 0 Å². The van der Waals surface area contributed by atoms with Crippen LogP contribution in [0.1, 0.15) is 38.3 Å². The highest BCUT2D eigenvalue weighted by atomic mass is 19.1. The van der Waals surface area contributed by atoms with Crippen molar-refractivity contribution in [2.24, 2.45) is 7.05 Å². The molecule has 0 fully saturated rings. The fourth-order valence-corrected chi connectivity index (χ4v) is 2.77. The van der Waals surface area contributed by atoms with Crippen LogP contribution in [0, 0.1) is 5.82 Å². The van der Waals surface area contributed by atoms with Gasteiger partial charge in [0.1, 0.15) is 0 Å². The zero-order valence-corrected chi connectivity index (χ0v) is 14.2. The van der Waals surface area contributed by atoms with Crippen molar-refractivity contribution in [1.82, 2.24) is 20.4 Å². The van der Waals surface area contributed by atoms with Gasteiger partial charge in [0.2, 0.25) is 0 Å². The molecule has 0 bridgehead atoms. The molecule has 2 atom stereocenters. The lowest BCUT2D eigenvalue weighted by molar-refractivity contribution is 0.440. The number of hydrogen-bond acceptors (Lipinski definition) is 4. The zero-order chi connectivity index (χ0) is 17.1. The Labute approximate surface area is 141 Å². The highest BCUT2D eigenvalue weighted by Crippen LogP contribution is 2.27. The molecule has 0 amide bonds. The van der Waals surface area contributed by atoms with E-state index in [1.165, 1.54) is 6.07 Å². The number of nitrogens with one attached hydrogen (secondary N) is 2. The SMILES string of the molecule is CC[C@H]1CC(NC(C)c2ccc(Oc3cnn(C)c3)c(F)c2)=CN1. The van der Waals surface area contributed by atoms with Crippen LogP contribution in [-0.4, -0.2) is 15.8 Å². The molecule has 0 saturated heterocycles. The first-order chi connectivity index (χ1) is 11.5. The molecule has 6 heteroatoms. The van der Waals surface area contributed by atoms with Gasteiger partial charge in [-0.2, -0.15) is 5.10 Å². The topological polar surface area (TPSA) is 51.1 Å². The molecule has 5 nitrogen and oxygen atoms in total. The molecule has 0 saturated carbocycles. The lowest BCUT2D eigenvalue weighted by atomic mass is 10.1. The summed E-state index contributed by atoms with van der Waals surface area (Å²) < 4.78 is 21.5. The quantitative estimate of drug-likeness (QED) is 0.849. The molecule has 1 aromatic heterocycles. The van der Waals surface area contributed by atoms with E-state index in [1.54, 1.807) is 30.2 Å². The first-order valence-electron chi connectivity index (χ1n) is 8.22. The van der Waals surface area contributed by atoms with Crippen molar-refractivity contribution in [1.29, 1.82) is 0 Å². The number of ether oxygens (including phenoxy) is 1. The van der Waals surface area contributed by atoms with Crippen molar-refractivity contribution in [3.63, 3.8) is 0 Å².